The van der Waals surface area contributed by atoms with Gasteiger partial charge in [0.2, 0.25) is 0 Å². The van der Waals surface area contributed by atoms with Gasteiger partial charge in [0.25, 0.3) is 0 Å². The Hall–Kier alpha value is -1.06. The van der Waals surface area contributed by atoms with E-state index in [1.54, 1.807) is 6.21 Å². The van der Waals surface area contributed by atoms with Gasteiger partial charge in [-0.1, -0.05) is 0 Å². The zero-order valence-corrected chi connectivity index (χ0v) is 9.00. The zero-order chi connectivity index (χ0) is 10.3. The number of hydrazone groups is 1. The minimum absolute atomic E-state index is 0.120. The molecule has 4 nitrogen and oxygen atoms in total. The van der Waals surface area contributed by atoms with Crippen LogP contribution in [-0.2, 0) is 0 Å². The van der Waals surface area contributed by atoms with Crippen molar-refractivity contribution in [3.05, 3.63) is 10.5 Å². The summed E-state index contributed by atoms with van der Waals surface area (Å²) in [5, 5.41) is 14.2. The molecule has 0 atom stereocenters. The molecule has 0 aromatic rings. The second-order valence-corrected chi connectivity index (χ2v) is 3.61. The summed E-state index contributed by atoms with van der Waals surface area (Å²) in [7, 11) is 0. The topological polar surface area (TPSA) is 74.2 Å². The summed E-state index contributed by atoms with van der Waals surface area (Å²) in [6.07, 6.45) is 1.57. The second-order valence-electron chi connectivity index (χ2n) is 2.17. The number of thiocarbonyl (C=S) groups is 1. The molecule has 3 N–H and O–H groups in total. The van der Waals surface area contributed by atoms with Gasteiger partial charge in [-0.05, 0) is 43.4 Å². The van der Waals surface area contributed by atoms with Crippen LogP contribution in [0.15, 0.2) is 15.6 Å². The number of nitrogens with two attached hydrogens (primary N) is 1. The largest absolute Gasteiger partial charge is 0.375 e. The summed E-state index contributed by atoms with van der Waals surface area (Å²) >= 11 is 5.64. The molecule has 0 aliphatic heterocycles. The standard InChI is InChI=1S/C7H10N4S2/c1-5(6(2)13-4-8)3-10-11-7(9)12/h3H,1-2H3,(H3,9,11,12)/b6-5-,10-3+. The van der Waals surface area contributed by atoms with Gasteiger partial charge in [0.15, 0.2) is 5.11 Å². The van der Waals surface area contributed by atoms with Crippen LogP contribution in [0.2, 0.25) is 0 Å². The normalized spacial score (nSPS) is 12.1. The number of hydrogen-bond donors (Lipinski definition) is 2. The first-order valence-corrected chi connectivity index (χ1v) is 4.62. The number of thiocyanates is 1. The summed E-state index contributed by atoms with van der Waals surface area (Å²) in [6, 6.07) is 0. The molecule has 0 bridgehead atoms. The molecule has 13 heavy (non-hydrogen) atoms. The molecule has 0 unspecified atom stereocenters. The van der Waals surface area contributed by atoms with Crippen LogP contribution in [0.5, 0.6) is 0 Å². The average molecular weight is 214 g/mol. The van der Waals surface area contributed by atoms with E-state index in [0.29, 0.717) is 0 Å². The number of nitrogens with one attached hydrogen (secondary N) is 1. The van der Waals surface area contributed by atoms with Crippen LogP contribution in [0.3, 0.4) is 0 Å². The first-order valence-electron chi connectivity index (χ1n) is 3.40. The summed E-state index contributed by atoms with van der Waals surface area (Å²) in [5.41, 5.74) is 8.47. The first kappa shape index (κ1) is 11.9. The lowest BCUT2D eigenvalue weighted by Gasteiger charge is -1.97. The molecule has 6 heteroatoms. The van der Waals surface area contributed by atoms with E-state index in [1.165, 1.54) is 0 Å². The molecule has 0 aliphatic rings. The molecular weight excluding hydrogens is 204 g/mol. The maximum Gasteiger partial charge on any atom is 0.184 e. The lowest BCUT2D eigenvalue weighted by atomic mass is 10.3. The molecule has 0 heterocycles. The Morgan fingerprint density at radius 2 is 2.31 bits per heavy atom. The molecule has 0 saturated heterocycles. The highest BCUT2D eigenvalue weighted by molar-refractivity contribution is 8.07. The highest BCUT2D eigenvalue weighted by Crippen LogP contribution is 2.15. The van der Waals surface area contributed by atoms with Crippen LogP contribution in [0.1, 0.15) is 13.8 Å². The third-order valence-corrected chi connectivity index (χ3v) is 2.00. The second kappa shape index (κ2) is 6.46. The van der Waals surface area contributed by atoms with E-state index in [2.05, 4.69) is 22.7 Å². The predicted octanol–water partition coefficient (Wildman–Crippen LogP) is 1.31. The molecule has 0 amide bonds. The molecule has 0 aromatic heterocycles. The lowest BCUT2D eigenvalue weighted by Crippen LogP contribution is -2.24. The number of hydrogen-bond acceptors (Lipinski definition) is 4. The van der Waals surface area contributed by atoms with Crippen molar-refractivity contribution in [2.45, 2.75) is 13.8 Å². The summed E-state index contributed by atoms with van der Waals surface area (Å²) < 4.78 is 0. The fraction of sp³-hybridized carbons (Fsp3) is 0.286. The molecule has 0 saturated carbocycles. The van der Waals surface area contributed by atoms with Crippen LogP contribution < -0.4 is 11.2 Å². The maximum atomic E-state index is 8.38. The van der Waals surface area contributed by atoms with E-state index in [9.17, 15) is 0 Å². The van der Waals surface area contributed by atoms with Crippen LogP contribution in [-0.4, -0.2) is 11.3 Å². The third-order valence-electron chi connectivity index (χ3n) is 1.19. The van der Waals surface area contributed by atoms with Crippen LogP contribution >= 0.6 is 24.0 Å². The quantitative estimate of drug-likeness (QED) is 0.321. The van der Waals surface area contributed by atoms with Gasteiger partial charge < -0.3 is 5.73 Å². The van der Waals surface area contributed by atoms with Crippen molar-refractivity contribution in [1.29, 1.82) is 5.26 Å². The molecule has 0 aromatic carbocycles. The number of nitriles is 1. The van der Waals surface area contributed by atoms with E-state index < -0.39 is 0 Å². The van der Waals surface area contributed by atoms with Gasteiger partial charge in [0, 0.05) is 4.91 Å². The Morgan fingerprint density at radius 1 is 1.69 bits per heavy atom. The van der Waals surface area contributed by atoms with E-state index >= 15 is 0 Å². The fourth-order valence-corrected chi connectivity index (χ4v) is 0.836. The van der Waals surface area contributed by atoms with Gasteiger partial charge in [0.1, 0.15) is 5.40 Å². The minimum Gasteiger partial charge on any atom is -0.375 e. The van der Waals surface area contributed by atoms with Gasteiger partial charge >= 0.3 is 0 Å². The van der Waals surface area contributed by atoms with Crippen LogP contribution in [0, 0.1) is 10.7 Å². The predicted molar refractivity (Wildman–Crippen MR) is 60.0 cm³/mol. The Balaban J connectivity index is 4.20. The molecule has 0 fully saturated rings. The minimum atomic E-state index is 0.120. The highest BCUT2D eigenvalue weighted by Gasteiger charge is 1.93. The van der Waals surface area contributed by atoms with Crippen molar-refractivity contribution < 1.29 is 0 Å². The maximum absolute atomic E-state index is 8.38. The van der Waals surface area contributed by atoms with Gasteiger partial charge in [-0.15, -0.1) is 0 Å². The molecule has 0 spiro atoms. The Labute approximate surface area is 86.9 Å². The summed E-state index contributed by atoms with van der Waals surface area (Å²) in [4.78, 5) is 0.899. The first-order chi connectivity index (χ1) is 6.07. The van der Waals surface area contributed by atoms with Crippen molar-refractivity contribution in [2.75, 3.05) is 0 Å². The van der Waals surface area contributed by atoms with E-state index in [-0.39, 0.29) is 5.11 Å². The Morgan fingerprint density at radius 3 is 2.77 bits per heavy atom. The molecular formula is C7H10N4S2. The third kappa shape index (κ3) is 6.13. The fourth-order valence-electron chi connectivity index (χ4n) is 0.433. The Bertz CT molecular complexity index is 287. The zero-order valence-electron chi connectivity index (χ0n) is 7.37. The van der Waals surface area contributed by atoms with Crippen LogP contribution in [0.25, 0.3) is 0 Å². The summed E-state index contributed by atoms with van der Waals surface area (Å²) in [5.74, 6) is 0. The van der Waals surface area contributed by atoms with Gasteiger partial charge in [0.05, 0.1) is 6.21 Å². The van der Waals surface area contributed by atoms with Crippen molar-refractivity contribution in [3.63, 3.8) is 0 Å². The number of allylic oxidation sites excluding steroid dienone is 2. The molecule has 0 rings (SSSR count). The molecule has 0 aliphatic carbocycles. The van der Waals surface area contributed by atoms with Crippen molar-refractivity contribution in [3.8, 4) is 5.40 Å². The molecule has 70 valence electrons. The lowest BCUT2D eigenvalue weighted by molar-refractivity contribution is 1.04. The van der Waals surface area contributed by atoms with Crippen molar-refractivity contribution in [1.82, 2.24) is 5.43 Å². The van der Waals surface area contributed by atoms with Crippen molar-refractivity contribution >= 4 is 35.3 Å². The van der Waals surface area contributed by atoms with E-state index in [4.69, 9.17) is 11.0 Å². The summed E-state index contributed by atoms with van der Waals surface area (Å²) in [6.45, 7) is 3.69. The highest BCUT2D eigenvalue weighted by atomic mass is 32.2. The number of nitrogens with zero attached hydrogens (tertiary/aromatic N) is 2. The number of thioether (sulfide) groups is 1. The smallest absolute Gasteiger partial charge is 0.184 e. The van der Waals surface area contributed by atoms with E-state index in [1.807, 2.05) is 19.2 Å². The monoisotopic (exact) mass is 214 g/mol. The SMILES string of the molecule is CC(/C=N/NC(N)=S)=C(\C)SC#N. The molecule has 0 radical (unpaired) electrons. The van der Waals surface area contributed by atoms with Crippen molar-refractivity contribution in [2.24, 2.45) is 10.8 Å². The average Bonchev–Trinajstić information content (AvgIpc) is 2.04. The number of rotatable bonds is 3. The van der Waals surface area contributed by atoms with E-state index in [0.717, 1.165) is 22.2 Å². The van der Waals surface area contributed by atoms with Crippen LogP contribution in [0.4, 0.5) is 0 Å². The van der Waals surface area contributed by atoms with Gasteiger partial charge in [-0.3, -0.25) is 5.43 Å². The van der Waals surface area contributed by atoms with Gasteiger partial charge in [-0.2, -0.15) is 10.4 Å². The Kier molecular flexibility index (Phi) is 5.93. The van der Waals surface area contributed by atoms with Gasteiger partial charge in [-0.25, -0.2) is 0 Å².